The van der Waals surface area contributed by atoms with Gasteiger partial charge in [-0.2, -0.15) is 0 Å². The Balaban J connectivity index is 2.46. The summed E-state index contributed by atoms with van der Waals surface area (Å²) < 4.78 is 0. The maximum Gasteiger partial charge on any atom is 0.132 e. The molecule has 0 amide bonds. The third-order valence-electron chi connectivity index (χ3n) is 3.38. The molecule has 1 aromatic rings. The average molecular weight is 218 g/mol. The molecule has 2 atom stereocenters. The van der Waals surface area contributed by atoms with Crippen molar-refractivity contribution >= 4 is 5.78 Å². The fraction of sp³-hybridized carbons (Fsp3) is 0.533. The lowest BCUT2D eigenvalue weighted by Crippen LogP contribution is -2.10. The number of benzene rings is 1. The van der Waals surface area contributed by atoms with Gasteiger partial charge in [0.15, 0.2) is 0 Å². The Kier molecular flexibility index (Phi) is 5.24. The van der Waals surface area contributed by atoms with Gasteiger partial charge in [0.25, 0.3) is 0 Å². The highest BCUT2D eigenvalue weighted by Gasteiger charge is 2.13. The molecule has 1 nitrogen and oxygen atoms in total. The second kappa shape index (κ2) is 6.47. The summed E-state index contributed by atoms with van der Waals surface area (Å²) >= 11 is 0. The van der Waals surface area contributed by atoms with E-state index in [1.807, 2.05) is 6.07 Å². The number of Topliss-reactive ketones (excluding diaryl/α,β-unsaturated/α-hetero) is 1. The van der Waals surface area contributed by atoms with E-state index in [1.54, 1.807) is 6.92 Å². The van der Waals surface area contributed by atoms with E-state index in [1.165, 1.54) is 5.56 Å². The lowest BCUT2D eigenvalue weighted by atomic mass is 9.89. The summed E-state index contributed by atoms with van der Waals surface area (Å²) in [5, 5.41) is 0. The maximum atomic E-state index is 11.3. The van der Waals surface area contributed by atoms with Gasteiger partial charge in [0.1, 0.15) is 5.78 Å². The second-order valence-corrected chi connectivity index (χ2v) is 4.60. The SMILES string of the molecule is CCC(CCC(C)c1ccccc1)C(C)=O. The van der Waals surface area contributed by atoms with E-state index in [2.05, 4.69) is 38.1 Å². The Morgan fingerprint density at radius 1 is 1.19 bits per heavy atom. The third kappa shape index (κ3) is 3.80. The molecule has 0 saturated carbocycles. The van der Waals surface area contributed by atoms with Gasteiger partial charge in [0.05, 0.1) is 0 Å². The van der Waals surface area contributed by atoms with Crippen LogP contribution in [0.15, 0.2) is 30.3 Å². The zero-order valence-electron chi connectivity index (χ0n) is 10.6. The molecular formula is C15H22O. The number of ketones is 1. The van der Waals surface area contributed by atoms with Crippen LogP contribution >= 0.6 is 0 Å². The van der Waals surface area contributed by atoms with Crippen molar-refractivity contribution in [3.05, 3.63) is 35.9 Å². The number of hydrogen-bond donors (Lipinski definition) is 0. The van der Waals surface area contributed by atoms with Crippen molar-refractivity contribution in [2.24, 2.45) is 5.92 Å². The van der Waals surface area contributed by atoms with Crippen molar-refractivity contribution in [1.29, 1.82) is 0 Å². The third-order valence-corrected chi connectivity index (χ3v) is 3.38. The van der Waals surface area contributed by atoms with E-state index in [9.17, 15) is 4.79 Å². The van der Waals surface area contributed by atoms with Crippen molar-refractivity contribution in [3.63, 3.8) is 0 Å². The van der Waals surface area contributed by atoms with Crippen LogP contribution in [0.5, 0.6) is 0 Å². The summed E-state index contributed by atoms with van der Waals surface area (Å²) in [6, 6.07) is 10.5. The molecule has 2 unspecified atom stereocenters. The van der Waals surface area contributed by atoms with E-state index in [4.69, 9.17) is 0 Å². The molecule has 0 spiro atoms. The van der Waals surface area contributed by atoms with E-state index < -0.39 is 0 Å². The number of carbonyl (C=O) groups is 1. The first kappa shape index (κ1) is 13.0. The predicted octanol–water partition coefficient (Wildman–Crippen LogP) is 4.19. The molecule has 1 rings (SSSR count). The summed E-state index contributed by atoms with van der Waals surface area (Å²) in [5.74, 6) is 1.14. The highest BCUT2D eigenvalue weighted by Crippen LogP contribution is 2.24. The minimum absolute atomic E-state index is 0.256. The van der Waals surface area contributed by atoms with E-state index in [0.29, 0.717) is 11.7 Å². The van der Waals surface area contributed by atoms with Crippen molar-refractivity contribution < 1.29 is 4.79 Å². The Morgan fingerprint density at radius 2 is 1.81 bits per heavy atom. The maximum absolute atomic E-state index is 11.3. The van der Waals surface area contributed by atoms with Crippen molar-refractivity contribution in [2.45, 2.75) is 46.0 Å². The molecular weight excluding hydrogens is 196 g/mol. The molecule has 0 radical (unpaired) electrons. The average Bonchev–Trinajstić information content (AvgIpc) is 2.30. The summed E-state index contributed by atoms with van der Waals surface area (Å²) in [6.45, 7) is 6.04. The molecule has 0 aromatic heterocycles. The summed E-state index contributed by atoms with van der Waals surface area (Å²) in [4.78, 5) is 11.3. The van der Waals surface area contributed by atoms with Gasteiger partial charge >= 0.3 is 0 Å². The monoisotopic (exact) mass is 218 g/mol. The lowest BCUT2D eigenvalue weighted by Gasteiger charge is -2.15. The number of carbonyl (C=O) groups excluding carboxylic acids is 1. The molecule has 0 aliphatic carbocycles. The Morgan fingerprint density at radius 3 is 2.31 bits per heavy atom. The standard InChI is InChI=1S/C15H22O/c1-4-14(13(3)16)11-10-12(2)15-8-6-5-7-9-15/h5-9,12,14H,4,10-11H2,1-3H3. The highest BCUT2D eigenvalue weighted by atomic mass is 16.1. The van der Waals surface area contributed by atoms with Crippen molar-refractivity contribution in [2.75, 3.05) is 0 Å². The first-order chi connectivity index (χ1) is 7.65. The van der Waals surface area contributed by atoms with E-state index in [-0.39, 0.29) is 5.92 Å². The quantitative estimate of drug-likeness (QED) is 0.700. The molecule has 1 aromatic carbocycles. The van der Waals surface area contributed by atoms with E-state index >= 15 is 0 Å². The second-order valence-electron chi connectivity index (χ2n) is 4.60. The molecule has 88 valence electrons. The summed E-state index contributed by atoms with van der Waals surface area (Å²) in [5.41, 5.74) is 1.38. The molecule has 0 aliphatic rings. The minimum Gasteiger partial charge on any atom is -0.300 e. The van der Waals surface area contributed by atoms with Crippen LogP contribution < -0.4 is 0 Å². The Hall–Kier alpha value is -1.11. The van der Waals surface area contributed by atoms with Gasteiger partial charge in [-0.1, -0.05) is 44.2 Å². The van der Waals surface area contributed by atoms with Gasteiger partial charge in [0, 0.05) is 5.92 Å². The fourth-order valence-electron chi connectivity index (χ4n) is 2.09. The first-order valence-corrected chi connectivity index (χ1v) is 6.20. The van der Waals surface area contributed by atoms with Crippen LogP contribution in [0.2, 0.25) is 0 Å². The van der Waals surface area contributed by atoms with Gasteiger partial charge in [0.2, 0.25) is 0 Å². The van der Waals surface area contributed by atoms with Crippen LogP contribution in [-0.2, 0) is 4.79 Å². The molecule has 0 fully saturated rings. The van der Waals surface area contributed by atoms with Gasteiger partial charge in [-0.15, -0.1) is 0 Å². The molecule has 0 aliphatic heterocycles. The summed E-state index contributed by atoms with van der Waals surface area (Å²) in [6.07, 6.45) is 3.08. The summed E-state index contributed by atoms with van der Waals surface area (Å²) in [7, 11) is 0. The minimum atomic E-state index is 0.256. The molecule has 1 heteroatoms. The van der Waals surface area contributed by atoms with Crippen LogP contribution in [0.1, 0.15) is 51.5 Å². The molecule has 0 saturated heterocycles. The van der Waals surface area contributed by atoms with Gasteiger partial charge < -0.3 is 0 Å². The van der Waals surface area contributed by atoms with Crippen molar-refractivity contribution in [3.8, 4) is 0 Å². The van der Waals surface area contributed by atoms with Gasteiger partial charge in [-0.05, 0) is 37.7 Å². The molecule has 0 N–H and O–H groups in total. The zero-order chi connectivity index (χ0) is 12.0. The predicted molar refractivity (Wildman–Crippen MR) is 68.6 cm³/mol. The zero-order valence-corrected chi connectivity index (χ0v) is 10.6. The molecule has 0 bridgehead atoms. The number of hydrogen-bond acceptors (Lipinski definition) is 1. The topological polar surface area (TPSA) is 17.1 Å². The van der Waals surface area contributed by atoms with E-state index in [0.717, 1.165) is 19.3 Å². The first-order valence-electron chi connectivity index (χ1n) is 6.20. The molecule has 16 heavy (non-hydrogen) atoms. The number of rotatable bonds is 6. The lowest BCUT2D eigenvalue weighted by molar-refractivity contribution is -0.121. The van der Waals surface area contributed by atoms with Crippen LogP contribution in [0.3, 0.4) is 0 Å². The Bertz CT molecular complexity index is 315. The van der Waals surface area contributed by atoms with Gasteiger partial charge in [-0.3, -0.25) is 4.79 Å². The van der Waals surface area contributed by atoms with Crippen LogP contribution in [0.25, 0.3) is 0 Å². The van der Waals surface area contributed by atoms with Crippen LogP contribution in [0.4, 0.5) is 0 Å². The fourth-order valence-corrected chi connectivity index (χ4v) is 2.09. The Labute approximate surface area is 98.9 Å². The normalized spacial score (nSPS) is 14.4. The van der Waals surface area contributed by atoms with Crippen LogP contribution in [0, 0.1) is 5.92 Å². The highest BCUT2D eigenvalue weighted by molar-refractivity contribution is 5.78. The largest absolute Gasteiger partial charge is 0.300 e. The van der Waals surface area contributed by atoms with Gasteiger partial charge in [-0.25, -0.2) is 0 Å². The van der Waals surface area contributed by atoms with Crippen molar-refractivity contribution in [1.82, 2.24) is 0 Å². The van der Waals surface area contributed by atoms with Crippen LogP contribution in [-0.4, -0.2) is 5.78 Å². The molecule has 0 heterocycles. The smallest absolute Gasteiger partial charge is 0.132 e.